The van der Waals surface area contributed by atoms with Crippen LogP contribution in [0.3, 0.4) is 0 Å². The van der Waals surface area contributed by atoms with Gasteiger partial charge in [0.15, 0.2) is 0 Å². The number of aromatic nitrogens is 3. The van der Waals surface area contributed by atoms with E-state index in [2.05, 4.69) is 48.6 Å². The van der Waals surface area contributed by atoms with Crippen molar-refractivity contribution in [3.8, 4) is 0 Å². The van der Waals surface area contributed by atoms with Crippen LogP contribution < -0.4 is 10.7 Å². The maximum absolute atomic E-state index is 13.1. The summed E-state index contributed by atoms with van der Waals surface area (Å²) in [6.07, 6.45) is 4.26. The second kappa shape index (κ2) is 12.6. The van der Waals surface area contributed by atoms with Crippen molar-refractivity contribution in [1.29, 1.82) is 0 Å². The number of carbonyl (C=O) groups excluding carboxylic acids is 2. The second-order valence-corrected chi connectivity index (χ2v) is 9.36. The molecule has 3 N–H and O–H groups in total. The molecule has 2 heterocycles. The van der Waals surface area contributed by atoms with Gasteiger partial charge < -0.3 is 19.6 Å². The molecule has 0 bridgehead atoms. The number of hydrazone groups is 1. The molecule has 0 aliphatic heterocycles. The minimum Gasteiger partial charge on any atom is -0.445 e. The van der Waals surface area contributed by atoms with Gasteiger partial charge in [0.05, 0.1) is 12.5 Å². The maximum atomic E-state index is 13.1. The monoisotopic (exact) mass is 534 g/mol. The molecule has 3 aromatic carbocycles. The van der Waals surface area contributed by atoms with Crippen molar-refractivity contribution in [3.63, 3.8) is 0 Å². The van der Waals surface area contributed by atoms with Crippen molar-refractivity contribution in [2.75, 3.05) is 0 Å². The molecule has 0 saturated carbocycles. The SMILES string of the molecule is Cc1c(/C=N\NC(=O)[C@@H](Cc2cnc[nH]2)NC(=O)OCc2ccccc2)c2ccccc2n1Cc1ccccc1. The van der Waals surface area contributed by atoms with E-state index in [1.165, 1.54) is 11.9 Å². The summed E-state index contributed by atoms with van der Waals surface area (Å²) in [5, 5.41) is 7.95. The normalized spacial score (nSPS) is 11.9. The van der Waals surface area contributed by atoms with Gasteiger partial charge in [-0.1, -0.05) is 78.9 Å². The summed E-state index contributed by atoms with van der Waals surface area (Å²) in [6, 6.07) is 26.8. The summed E-state index contributed by atoms with van der Waals surface area (Å²) in [7, 11) is 0. The third kappa shape index (κ3) is 6.44. The number of fused-ring (bicyclic) bond motifs is 1. The lowest BCUT2D eigenvalue weighted by Crippen LogP contribution is -2.47. The topological polar surface area (TPSA) is 113 Å². The van der Waals surface area contributed by atoms with E-state index in [-0.39, 0.29) is 13.0 Å². The number of H-pyrrole nitrogens is 1. The average molecular weight is 535 g/mol. The molecule has 0 saturated heterocycles. The smallest absolute Gasteiger partial charge is 0.408 e. The van der Waals surface area contributed by atoms with E-state index in [1.54, 1.807) is 12.4 Å². The predicted molar refractivity (Wildman–Crippen MR) is 154 cm³/mol. The number of imidazole rings is 1. The Bertz CT molecular complexity index is 1590. The minimum atomic E-state index is -0.929. The van der Waals surface area contributed by atoms with E-state index >= 15 is 0 Å². The number of carbonyl (C=O) groups is 2. The maximum Gasteiger partial charge on any atom is 0.408 e. The van der Waals surface area contributed by atoms with Gasteiger partial charge in [-0.25, -0.2) is 15.2 Å². The first kappa shape index (κ1) is 26.4. The highest BCUT2D eigenvalue weighted by atomic mass is 16.5. The van der Waals surface area contributed by atoms with Crippen LogP contribution in [0.15, 0.2) is 103 Å². The molecular formula is C31H30N6O3. The van der Waals surface area contributed by atoms with E-state index in [4.69, 9.17) is 4.74 Å². The lowest BCUT2D eigenvalue weighted by molar-refractivity contribution is -0.123. The van der Waals surface area contributed by atoms with Crippen molar-refractivity contribution in [2.24, 2.45) is 5.10 Å². The van der Waals surface area contributed by atoms with Gasteiger partial charge in [0, 0.05) is 47.0 Å². The van der Waals surface area contributed by atoms with Crippen LogP contribution in [0.25, 0.3) is 10.9 Å². The van der Waals surface area contributed by atoms with Gasteiger partial charge in [-0.05, 0) is 24.1 Å². The number of aromatic amines is 1. The molecule has 2 amide bonds. The number of benzene rings is 3. The molecular weight excluding hydrogens is 504 g/mol. The fourth-order valence-corrected chi connectivity index (χ4v) is 4.56. The number of hydrogen-bond acceptors (Lipinski definition) is 5. The summed E-state index contributed by atoms with van der Waals surface area (Å²) in [6.45, 7) is 2.85. The molecule has 5 rings (SSSR count). The number of nitrogens with one attached hydrogen (secondary N) is 3. The first-order valence-electron chi connectivity index (χ1n) is 13.0. The zero-order valence-electron chi connectivity index (χ0n) is 22.1. The third-order valence-electron chi connectivity index (χ3n) is 6.63. The molecule has 9 nitrogen and oxygen atoms in total. The molecule has 0 aliphatic rings. The van der Waals surface area contributed by atoms with Crippen molar-refractivity contribution in [3.05, 3.63) is 126 Å². The van der Waals surface area contributed by atoms with Crippen LogP contribution in [0.1, 0.15) is 28.1 Å². The predicted octanol–water partition coefficient (Wildman–Crippen LogP) is 4.71. The standard InChI is InChI=1S/C31H30N6O3/c1-22-27(26-14-8-9-15-29(26)37(22)19-23-10-4-2-5-11-23)18-34-36-30(38)28(16-25-17-32-21-33-25)35-31(39)40-20-24-12-6-3-7-13-24/h2-15,17-18,21,28H,16,19-20H2,1H3,(H,32,33)(H,35,39)(H,36,38)/b34-18-/t28-/m1/s1. The summed E-state index contributed by atoms with van der Waals surface area (Å²) < 4.78 is 7.56. The van der Waals surface area contributed by atoms with Gasteiger partial charge in [-0.2, -0.15) is 5.10 Å². The van der Waals surface area contributed by atoms with Gasteiger partial charge in [0.2, 0.25) is 0 Å². The zero-order valence-corrected chi connectivity index (χ0v) is 22.1. The molecule has 40 heavy (non-hydrogen) atoms. The highest BCUT2D eigenvalue weighted by Crippen LogP contribution is 2.25. The Hall–Kier alpha value is -5.18. The highest BCUT2D eigenvalue weighted by molar-refractivity contribution is 6.01. The Morgan fingerprint density at radius 2 is 1.70 bits per heavy atom. The number of ether oxygens (including phenoxy) is 1. The van der Waals surface area contributed by atoms with E-state index < -0.39 is 18.0 Å². The fourth-order valence-electron chi connectivity index (χ4n) is 4.56. The Balaban J connectivity index is 1.30. The number of para-hydroxylation sites is 1. The number of amides is 2. The summed E-state index contributed by atoms with van der Waals surface area (Å²) in [5.74, 6) is -0.479. The van der Waals surface area contributed by atoms with Crippen LogP contribution in [-0.4, -0.2) is 38.8 Å². The Labute approximate surface area is 231 Å². The van der Waals surface area contributed by atoms with Crippen LogP contribution >= 0.6 is 0 Å². The number of rotatable bonds is 10. The third-order valence-corrected chi connectivity index (χ3v) is 6.63. The molecule has 0 aliphatic carbocycles. The van der Waals surface area contributed by atoms with Crippen LogP contribution in [0.5, 0.6) is 0 Å². The van der Waals surface area contributed by atoms with Crippen LogP contribution in [0, 0.1) is 6.92 Å². The molecule has 0 spiro atoms. The number of alkyl carbamates (subject to hydrolysis) is 1. The average Bonchev–Trinajstić information content (AvgIpc) is 3.59. The first-order valence-corrected chi connectivity index (χ1v) is 13.0. The second-order valence-electron chi connectivity index (χ2n) is 9.36. The van der Waals surface area contributed by atoms with Crippen LogP contribution in [0.2, 0.25) is 0 Å². The van der Waals surface area contributed by atoms with Crippen molar-refractivity contribution in [2.45, 2.75) is 32.5 Å². The van der Waals surface area contributed by atoms with Crippen molar-refractivity contribution >= 4 is 29.1 Å². The van der Waals surface area contributed by atoms with Gasteiger partial charge in [-0.3, -0.25) is 4.79 Å². The van der Waals surface area contributed by atoms with E-state index in [0.717, 1.165) is 27.7 Å². The molecule has 202 valence electrons. The highest BCUT2D eigenvalue weighted by Gasteiger charge is 2.23. The summed E-state index contributed by atoms with van der Waals surface area (Å²) in [4.78, 5) is 32.6. The molecule has 0 fully saturated rings. The lowest BCUT2D eigenvalue weighted by Gasteiger charge is -2.16. The van der Waals surface area contributed by atoms with E-state index in [1.807, 2.05) is 73.7 Å². The molecule has 2 aromatic heterocycles. The van der Waals surface area contributed by atoms with Gasteiger partial charge in [0.25, 0.3) is 5.91 Å². The zero-order chi connectivity index (χ0) is 27.7. The molecule has 9 heteroatoms. The minimum absolute atomic E-state index is 0.0928. The summed E-state index contributed by atoms with van der Waals surface area (Å²) in [5.41, 5.74) is 8.33. The molecule has 1 atom stereocenters. The Kier molecular flexibility index (Phi) is 8.31. The van der Waals surface area contributed by atoms with E-state index in [0.29, 0.717) is 12.2 Å². The quantitative estimate of drug-likeness (QED) is 0.178. The van der Waals surface area contributed by atoms with Crippen LogP contribution in [-0.2, 0) is 29.1 Å². The Morgan fingerprint density at radius 3 is 2.42 bits per heavy atom. The molecule has 5 aromatic rings. The molecule has 0 unspecified atom stereocenters. The lowest BCUT2D eigenvalue weighted by atomic mass is 10.1. The first-order chi connectivity index (χ1) is 19.6. The Morgan fingerprint density at radius 1 is 1.00 bits per heavy atom. The van der Waals surface area contributed by atoms with Crippen molar-refractivity contribution in [1.82, 2.24) is 25.3 Å². The van der Waals surface area contributed by atoms with Gasteiger partial charge >= 0.3 is 6.09 Å². The number of hydrogen-bond donors (Lipinski definition) is 3. The largest absolute Gasteiger partial charge is 0.445 e. The van der Waals surface area contributed by atoms with Crippen molar-refractivity contribution < 1.29 is 14.3 Å². The van der Waals surface area contributed by atoms with E-state index in [9.17, 15) is 9.59 Å². The number of nitrogens with zero attached hydrogens (tertiary/aromatic N) is 3. The van der Waals surface area contributed by atoms with Crippen LogP contribution in [0.4, 0.5) is 4.79 Å². The fraction of sp³-hybridized carbons (Fsp3) is 0.161. The summed E-state index contributed by atoms with van der Waals surface area (Å²) >= 11 is 0. The molecule has 0 radical (unpaired) electrons. The van der Waals surface area contributed by atoms with Gasteiger partial charge in [-0.15, -0.1) is 0 Å². The van der Waals surface area contributed by atoms with Gasteiger partial charge in [0.1, 0.15) is 12.6 Å².